The molecular weight excluding hydrogens is 503 g/mol. The van der Waals surface area contributed by atoms with Crippen LogP contribution in [0.2, 0.25) is 10.0 Å². The summed E-state index contributed by atoms with van der Waals surface area (Å²) < 4.78 is 2.04. The number of rotatable bonds is 10. The van der Waals surface area contributed by atoms with Gasteiger partial charge >= 0.3 is 5.97 Å². The lowest BCUT2D eigenvalue weighted by Crippen LogP contribution is -2.12. The van der Waals surface area contributed by atoms with E-state index >= 15 is 0 Å². The molecule has 1 aromatic heterocycles. The van der Waals surface area contributed by atoms with Gasteiger partial charge in [0.05, 0.1) is 10.9 Å². The molecule has 0 unspecified atom stereocenters. The van der Waals surface area contributed by atoms with Crippen molar-refractivity contribution in [3.05, 3.63) is 99.8 Å². The molecule has 0 atom stereocenters. The standard InChI is InChI=1S/C26H24Cl2N4O2S/c1-2-4-23-30-31-26(32(23)22-6-3-5-21(15-22)29-16-24(33)34)35-25(17-7-11-19(27)12-8-17)18-9-13-20(28)14-10-18/h3,5-15,25,29H,2,4,16H2,1H3,(H,33,34). The first kappa shape index (κ1) is 25.1. The maximum Gasteiger partial charge on any atom is 0.322 e. The molecule has 6 nitrogen and oxygen atoms in total. The van der Waals surface area contributed by atoms with E-state index in [1.54, 1.807) is 11.8 Å². The Balaban J connectivity index is 1.75. The maximum absolute atomic E-state index is 11.0. The molecule has 0 radical (unpaired) electrons. The summed E-state index contributed by atoms with van der Waals surface area (Å²) in [5.41, 5.74) is 3.72. The van der Waals surface area contributed by atoms with E-state index in [-0.39, 0.29) is 11.8 Å². The third-order valence-corrected chi connectivity index (χ3v) is 7.05. The Morgan fingerprint density at radius 2 is 1.63 bits per heavy atom. The van der Waals surface area contributed by atoms with Crippen LogP contribution in [0.3, 0.4) is 0 Å². The van der Waals surface area contributed by atoms with Crippen molar-refractivity contribution in [2.45, 2.75) is 30.2 Å². The van der Waals surface area contributed by atoms with E-state index in [9.17, 15) is 4.79 Å². The van der Waals surface area contributed by atoms with Crippen LogP contribution in [0.15, 0.2) is 78.0 Å². The molecule has 0 aliphatic carbocycles. The van der Waals surface area contributed by atoms with E-state index in [1.807, 2.05) is 77.4 Å². The van der Waals surface area contributed by atoms with Crippen LogP contribution in [-0.2, 0) is 11.2 Å². The highest BCUT2D eigenvalue weighted by molar-refractivity contribution is 7.99. The number of halogens is 2. The average molecular weight is 527 g/mol. The Morgan fingerprint density at radius 3 is 2.20 bits per heavy atom. The first-order valence-corrected chi connectivity index (χ1v) is 12.8. The number of aliphatic carboxylic acids is 1. The van der Waals surface area contributed by atoms with E-state index in [2.05, 4.69) is 22.4 Å². The maximum atomic E-state index is 11.0. The lowest BCUT2D eigenvalue weighted by atomic mass is 10.0. The lowest BCUT2D eigenvalue weighted by molar-refractivity contribution is -0.134. The zero-order chi connectivity index (χ0) is 24.8. The molecular formula is C26H24Cl2N4O2S. The van der Waals surface area contributed by atoms with Gasteiger partial charge < -0.3 is 10.4 Å². The van der Waals surface area contributed by atoms with Crippen molar-refractivity contribution in [1.82, 2.24) is 14.8 Å². The van der Waals surface area contributed by atoms with E-state index in [0.717, 1.165) is 40.6 Å². The fourth-order valence-corrected chi connectivity index (χ4v) is 5.12. The number of aromatic nitrogens is 3. The average Bonchev–Trinajstić information content (AvgIpc) is 3.25. The molecule has 35 heavy (non-hydrogen) atoms. The Morgan fingerprint density at radius 1 is 1.00 bits per heavy atom. The molecule has 0 amide bonds. The van der Waals surface area contributed by atoms with E-state index in [1.165, 1.54) is 0 Å². The number of anilines is 1. The molecule has 0 aliphatic rings. The van der Waals surface area contributed by atoms with Gasteiger partial charge in [-0.3, -0.25) is 9.36 Å². The molecule has 1 heterocycles. The first-order valence-electron chi connectivity index (χ1n) is 11.1. The fourth-order valence-electron chi connectivity index (χ4n) is 3.66. The zero-order valence-corrected chi connectivity index (χ0v) is 21.3. The van der Waals surface area contributed by atoms with E-state index in [4.69, 9.17) is 28.3 Å². The fraction of sp³-hybridized carbons (Fsp3) is 0.192. The monoisotopic (exact) mass is 526 g/mol. The normalized spacial score (nSPS) is 11.1. The van der Waals surface area contributed by atoms with Crippen molar-refractivity contribution in [3.8, 4) is 5.69 Å². The summed E-state index contributed by atoms with van der Waals surface area (Å²) in [6.45, 7) is 1.94. The highest BCUT2D eigenvalue weighted by atomic mass is 35.5. The summed E-state index contributed by atoms with van der Waals surface area (Å²) in [6, 6.07) is 23.2. The van der Waals surface area contributed by atoms with Crippen molar-refractivity contribution in [2.75, 3.05) is 11.9 Å². The van der Waals surface area contributed by atoms with Gasteiger partial charge in [-0.05, 0) is 60.0 Å². The highest BCUT2D eigenvalue weighted by Gasteiger charge is 2.22. The Bertz CT molecular complexity index is 1250. The van der Waals surface area contributed by atoms with Gasteiger partial charge in [0, 0.05) is 22.2 Å². The number of carboxylic acid groups (broad SMARTS) is 1. The molecule has 0 fully saturated rings. The molecule has 4 aromatic rings. The van der Waals surface area contributed by atoms with Crippen LogP contribution in [-0.4, -0.2) is 32.4 Å². The van der Waals surface area contributed by atoms with Gasteiger partial charge in [0.2, 0.25) is 0 Å². The molecule has 0 saturated heterocycles. The second kappa shape index (κ2) is 11.6. The van der Waals surface area contributed by atoms with Gasteiger partial charge in [0.25, 0.3) is 0 Å². The highest BCUT2D eigenvalue weighted by Crippen LogP contribution is 2.41. The molecule has 2 N–H and O–H groups in total. The van der Waals surface area contributed by atoms with Gasteiger partial charge in [-0.2, -0.15) is 0 Å². The van der Waals surface area contributed by atoms with Gasteiger partial charge in [0.15, 0.2) is 5.16 Å². The molecule has 0 aliphatic heterocycles. The van der Waals surface area contributed by atoms with Crippen LogP contribution < -0.4 is 5.32 Å². The lowest BCUT2D eigenvalue weighted by Gasteiger charge is -2.19. The van der Waals surface area contributed by atoms with Crippen molar-refractivity contribution in [2.24, 2.45) is 0 Å². The largest absolute Gasteiger partial charge is 0.480 e. The number of nitrogens with one attached hydrogen (secondary N) is 1. The molecule has 9 heteroatoms. The van der Waals surface area contributed by atoms with Crippen LogP contribution in [0.5, 0.6) is 0 Å². The topological polar surface area (TPSA) is 80.0 Å². The molecule has 180 valence electrons. The number of benzene rings is 3. The zero-order valence-electron chi connectivity index (χ0n) is 19.0. The summed E-state index contributed by atoms with van der Waals surface area (Å²) >= 11 is 13.9. The van der Waals surface area contributed by atoms with Gasteiger partial charge in [-0.15, -0.1) is 10.2 Å². The van der Waals surface area contributed by atoms with E-state index in [0.29, 0.717) is 15.7 Å². The van der Waals surface area contributed by atoms with Crippen LogP contribution >= 0.6 is 35.0 Å². The number of hydrogen-bond acceptors (Lipinski definition) is 5. The quantitative estimate of drug-likeness (QED) is 0.218. The molecule has 0 bridgehead atoms. The summed E-state index contributed by atoms with van der Waals surface area (Å²) in [4.78, 5) is 11.0. The predicted octanol–water partition coefficient (Wildman–Crippen LogP) is 6.90. The number of carboxylic acids is 1. The number of aryl methyl sites for hydroxylation is 1. The summed E-state index contributed by atoms with van der Waals surface area (Å²) in [6.07, 6.45) is 1.67. The molecule has 0 saturated carbocycles. The van der Waals surface area contributed by atoms with E-state index < -0.39 is 5.97 Å². The molecule has 0 spiro atoms. The number of hydrogen-bond donors (Lipinski definition) is 2. The van der Waals surface area contributed by atoms with Crippen LogP contribution in [0.4, 0.5) is 5.69 Å². The Labute approximate surface area is 218 Å². The second-order valence-electron chi connectivity index (χ2n) is 7.88. The summed E-state index contributed by atoms with van der Waals surface area (Å²) in [5.74, 6) is -0.0762. The van der Waals surface area contributed by atoms with Crippen molar-refractivity contribution < 1.29 is 9.90 Å². The van der Waals surface area contributed by atoms with Crippen molar-refractivity contribution in [3.63, 3.8) is 0 Å². The Hall–Kier alpha value is -3.00. The van der Waals surface area contributed by atoms with Crippen molar-refractivity contribution in [1.29, 1.82) is 0 Å². The number of thioether (sulfide) groups is 1. The second-order valence-corrected chi connectivity index (χ2v) is 9.83. The number of carbonyl (C=O) groups is 1. The van der Waals surface area contributed by atoms with Gasteiger partial charge in [-0.25, -0.2) is 0 Å². The summed E-state index contributed by atoms with van der Waals surface area (Å²) in [5, 5.41) is 23.0. The van der Waals surface area contributed by atoms with Crippen LogP contribution in [0.1, 0.15) is 35.5 Å². The molecule has 3 aromatic carbocycles. The third-order valence-electron chi connectivity index (χ3n) is 5.29. The van der Waals surface area contributed by atoms with Crippen molar-refractivity contribution >= 4 is 46.6 Å². The van der Waals surface area contributed by atoms with Crippen LogP contribution in [0, 0.1) is 0 Å². The van der Waals surface area contributed by atoms with Crippen LogP contribution in [0.25, 0.3) is 5.69 Å². The third kappa shape index (κ3) is 6.36. The van der Waals surface area contributed by atoms with Gasteiger partial charge in [0.1, 0.15) is 12.4 Å². The van der Waals surface area contributed by atoms with Gasteiger partial charge in [-0.1, -0.05) is 72.2 Å². The minimum absolute atomic E-state index is 0.0738. The predicted molar refractivity (Wildman–Crippen MR) is 142 cm³/mol. The SMILES string of the molecule is CCCc1nnc(SC(c2ccc(Cl)cc2)c2ccc(Cl)cc2)n1-c1cccc(NCC(=O)O)c1. The smallest absolute Gasteiger partial charge is 0.322 e. The number of nitrogens with zero attached hydrogens (tertiary/aromatic N) is 3. The molecule has 4 rings (SSSR count). The summed E-state index contributed by atoms with van der Waals surface area (Å²) in [7, 11) is 0. The minimum Gasteiger partial charge on any atom is -0.480 e. The first-order chi connectivity index (χ1) is 16.9. The minimum atomic E-state index is -0.920. The Kier molecular flexibility index (Phi) is 8.33.